The van der Waals surface area contributed by atoms with Crippen molar-refractivity contribution in [3.8, 4) is 0 Å². The fourth-order valence-corrected chi connectivity index (χ4v) is 1.06. The quantitative estimate of drug-likeness (QED) is 0.567. The van der Waals surface area contributed by atoms with Gasteiger partial charge in [0, 0.05) is 13.1 Å². The molecule has 0 aromatic heterocycles. The van der Waals surface area contributed by atoms with E-state index in [0.29, 0.717) is 0 Å². The highest BCUT2D eigenvalue weighted by Crippen LogP contribution is 2.01. The summed E-state index contributed by atoms with van der Waals surface area (Å²) in [6.07, 6.45) is 4.03. The SMILES string of the molecule is CNC(C)C(=O)N1CC=CC1. The van der Waals surface area contributed by atoms with E-state index in [-0.39, 0.29) is 11.9 Å². The Bertz CT molecular complexity index is 169. The number of carbonyl (C=O) groups excluding carboxylic acids is 1. The summed E-state index contributed by atoms with van der Waals surface area (Å²) in [5, 5.41) is 2.92. The van der Waals surface area contributed by atoms with Gasteiger partial charge in [0.05, 0.1) is 6.04 Å². The maximum absolute atomic E-state index is 11.4. The van der Waals surface area contributed by atoms with E-state index in [1.807, 2.05) is 24.0 Å². The Morgan fingerprint density at radius 3 is 2.55 bits per heavy atom. The summed E-state index contributed by atoms with van der Waals surface area (Å²) in [7, 11) is 1.80. The summed E-state index contributed by atoms with van der Waals surface area (Å²) in [5.74, 6) is 0.178. The predicted molar refractivity (Wildman–Crippen MR) is 44.2 cm³/mol. The minimum absolute atomic E-state index is 0.0603. The monoisotopic (exact) mass is 154 g/mol. The van der Waals surface area contributed by atoms with Crippen molar-refractivity contribution in [1.29, 1.82) is 0 Å². The van der Waals surface area contributed by atoms with E-state index in [9.17, 15) is 4.79 Å². The molecule has 62 valence electrons. The van der Waals surface area contributed by atoms with Crippen LogP contribution in [-0.2, 0) is 4.79 Å². The van der Waals surface area contributed by atoms with Crippen LogP contribution in [0, 0.1) is 0 Å². The van der Waals surface area contributed by atoms with Gasteiger partial charge >= 0.3 is 0 Å². The highest BCUT2D eigenvalue weighted by atomic mass is 16.2. The Labute approximate surface area is 67.1 Å². The van der Waals surface area contributed by atoms with E-state index < -0.39 is 0 Å². The van der Waals surface area contributed by atoms with Crippen molar-refractivity contribution in [3.05, 3.63) is 12.2 Å². The lowest BCUT2D eigenvalue weighted by Gasteiger charge is -2.19. The van der Waals surface area contributed by atoms with Gasteiger partial charge in [0.15, 0.2) is 0 Å². The van der Waals surface area contributed by atoms with E-state index in [2.05, 4.69) is 5.32 Å². The summed E-state index contributed by atoms with van der Waals surface area (Å²) in [4.78, 5) is 13.2. The molecule has 3 nitrogen and oxygen atoms in total. The van der Waals surface area contributed by atoms with Gasteiger partial charge in [-0.15, -0.1) is 0 Å². The van der Waals surface area contributed by atoms with Crippen molar-refractivity contribution < 1.29 is 4.79 Å². The van der Waals surface area contributed by atoms with Crippen LogP contribution in [0.4, 0.5) is 0 Å². The minimum Gasteiger partial charge on any atom is -0.334 e. The molecule has 1 heterocycles. The molecule has 3 heteroatoms. The molecule has 0 aliphatic carbocycles. The summed E-state index contributed by atoms with van der Waals surface area (Å²) in [5.41, 5.74) is 0. The predicted octanol–water partition coefficient (Wildman–Crippen LogP) is -0.00730. The smallest absolute Gasteiger partial charge is 0.239 e. The largest absolute Gasteiger partial charge is 0.334 e. The molecule has 0 spiro atoms. The maximum atomic E-state index is 11.4. The van der Waals surface area contributed by atoms with Crippen LogP contribution in [0.5, 0.6) is 0 Å². The Kier molecular flexibility index (Phi) is 2.65. The van der Waals surface area contributed by atoms with Gasteiger partial charge in [0.25, 0.3) is 0 Å². The molecule has 0 saturated carbocycles. The van der Waals surface area contributed by atoms with Crippen LogP contribution >= 0.6 is 0 Å². The standard InChI is InChI=1S/C8H14N2O/c1-7(9-2)8(11)10-5-3-4-6-10/h3-4,7,9H,5-6H2,1-2H3. The molecule has 0 aromatic rings. The van der Waals surface area contributed by atoms with Crippen LogP contribution in [-0.4, -0.2) is 37.0 Å². The number of carbonyl (C=O) groups is 1. The molecule has 0 fully saturated rings. The molecule has 11 heavy (non-hydrogen) atoms. The van der Waals surface area contributed by atoms with Crippen molar-refractivity contribution in [2.75, 3.05) is 20.1 Å². The number of nitrogens with zero attached hydrogens (tertiary/aromatic N) is 1. The zero-order valence-electron chi connectivity index (χ0n) is 7.00. The minimum atomic E-state index is -0.0603. The first-order valence-corrected chi connectivity index (χ1v) is 3.86. The van der Waals surface area contributed by atoms with Gasteiger partial charge in [-0.25, -0.2) is 0 Å². The van der Waals surface area contributed by atoms with Crippen LogP contribution in [0.15, 0.2) is 12.2 Å². The molecule has 1 amide bonds. The fourth-order valence-electron chi connectivity index (χ4n) is 1.06. The van der Waals surface area contributed by atoms with Crippen molar-refractivity contribution >= 4 is 5.91 Å². The lowest BCUT2D eigenvalue weighted by Crippen LogP contribution is -2.42. The molecule has 0 aromatic carbocycles. The molecule has 1 aliphatic rings. The second-order valence-corrected chi connectivity index (χ2v) is 2.72. The molecule has 1 unspecified atom stereocenters. The Hall–Kier alpha value is -0.830. The second kappa shape index (κ2) is 3.53. The van der Waals surface area contributed by atoms with Gasteiger partial charge in [-0.1, -0.05) is 12.2 Å². The van der Waals surface area contributed by atoms with Gasteiger partial charge in [-0.2, -0.15) is 0 Å². The number of rotatable bonds is 2. The Balaban J connectivity index is 2.41. The van der Waals surface area contributed by atoms with Crippen LogP contribution in [0.1, 0.15) is 6.92 Å². The van der Waals surface area contributed by atoms with E-state index in [0.717, 1.165) is 13.1 Å². The molecule has 1 N–H and O–H groups in total. The Morgan fingerprint density at radius 2 is 2.09 bits per heavy atom. The topological polar surface area (TPSA) is 32.3 Å². The first kappa shape index (κ1) is 8.27. The van der Waals surface area contributed by atoms with Crippen LogP contribution < -0.4 is 5.32 Å². The van der Waals surface area contributed by atoms with Gasteiger partial charge < -0.3 is 10.2 Å². The lowest BCUT2D eigenvalue weighted by molar-refractivity contribution is -0.131. The first-order valence-electron chi connectivity index (χ1n) is 3.86. The van der Waals surface area contributed by atoms with Gasteiger partial charge in [0.1, 0.15) is 0 Å². The van der Waals surface area contributed by atoms with Crippen molar-refractivity contribution in [1.82, 2.24) is 10.2 Å². The van der Waals surface area contributed by atoms with Gasteiger partial charge in [-0.05, 0) is 14.0 Å². The van der Waals surface area contributed by atoms with Crippen LogP contribution in [0.2, 0.25) is 0 Å². The number of likely N-dealkylation sites (N-methyl/N-ethyl adjacent to an activating group) is 1. The normalized spacial score (nSPS) is 18.9. The van der Waals surface area contributed by atoms with Gasteiger partial charge in [0.2, 0.25) is 5.91 Å². The van der Waals surface area contributed by atoms with Crippen LogP contribution in [0.3, 0.4) is 0 Å². The third-order valence-electron chi connectivity index (χ3n) is 1.93. The number of hydrogen-bond acceptors (Lipinski definition) is 2. The Morgan fingerprint density at radius 1 is 1.55 bits per heavy atom. The lowest BCUT2D eigenvalue weighted by atomic mass is 10.3. The molecule has 0 saturated heterocycles. The maximum Gasteiger partial charge on any atom is 0.239 e. The van der Waals surface area contributed by atoms with Crippen molar-refractivity contribution in [2.45, 2.75) is 13.0 Å². The van der Waals surface area contributed by atoms with Crippen molar-refractivity contribution in [2.24, 2.45) is 0 Å². The zero-order valence-corrected chi connectivity index (χ0v) is 7.00. The fraction of sp³-hybridized carbons (Fsp3) is 0.625. The average Bonchev–Trinajstić information content (AvgIpc) is 2.53. The van der Waals surface area contributed by atoms with Crippen LogP contribution in [0.25, 0.3) is 0 Å². The molecule has 0 radical (unpaired) electrons. The van der Waals surface area contributed by atoms with E-state index in [1.54, 1.807) is 7.05 Å². The van der Waals surface area contributed by atoms with Crippen molar-refractivity contribution in [3.63, 3.8) is 0 Å². The highest BCUT2D eigenvalue weighted by Gasteiger charge is 2.18. The van der Waals surface area contributed by atoms with E-state index in [4.69, 9.17) is 0 Å². The molecule has 0 bridgehead atoms. The van der Waals surface area contributed by atoms with E-state index in [1.165, 1.54) is 0 Å². The third kappa shape index (κ3) is 1.80. The second-order valence-electron chi connectivity index (χ2n) is 2.72. The molecule has 1 aliphatic heterocycles. The number of amides is 1. The van der Waals surface area contributed by atoms with Gasteiger partial charge in [-0.3, -0.25) is 4.79 Å². The number of hydrogen-bond donors (Lipinski definition) is 1. The summed E-state index contributed by atoms with van der Waals surface area (Å²) in [6, 6.07) is -0.0603. The summed E-state index contributed by atoms with van der Waals surface area (Å²) >= 11 is 0. The molecule has 1 atom stereocenters. The van der Waals surface area contributed by atoms with E-state index >= 15 is 0 Å². The molecular weight excluding hydrogens is 140 g/mol. The zero-order chi connectivity index (χ0) is 8.27. The number of nitrogens with one attached hydrogen (secondary N) is 1. The average molecular weight is 154 g/mol. The summed E-state index contributed by atoms with van der Waals surface area (Å²) in [6.45, 7) is 3.41. The third-order valence-corrected chi connectivity index (χ3v) is 1.93. The summed E-state index contributed by atoms with van der Waals surface area (Å²) < 4.78 is 0. The molecule has 1 rings (SSSR count). The highest BCUT2D eigenvalue weighted by molar-refractivity contribution is 5.82. The molecular formula is C8H14N2O. The first-order chi connectivity index (χ1) is 5.25.